The van der Waals surface area contributed by atoms with Gasteiger partial charge >= 0.3 is 0 Å². The molecule has 0 radical (unpaired) electrons. The first kappa shape index (κ1) is 15.4. The van der Waals surface area contributed by atoms with Crippen molar-refractivity contribution in [1.82, 2.24) is 0 Å². The number of para-hydroxylation sites is 1. The molecule has 0 heterocycles. The minimum absolute atomic E-state index is 0.0519. The Kier molecular flexibility index (Phi) is 6.24. The van der Waals surface area contributed by atoms with Crippen LogP contribution in [0, 0.1) is 10.1 Å². The second-order valence-electron chi connectivity index (χ2n) is 4.10. The van der Waals surface area contributed by atoms with Gasteiger partial charge in [-0.1, -0.05) is 12.1 Å². The lowest BCUT2D eigenvalue weighted by molar-refractivity contribution is -0.384. The molecule has 0 aliphatic carbocycles. The summed E-state index contributed by atoms with van der Waals surface area (Å²) >= 11 is 0. The van der Waals surface area contributed by atoms with Crippen molar-refractivity contribution in [3.63, 3.8) is 0 Å². The Morgan fingerprint density at radius 1 is 1.47 bits per heavy atom. The fourth-order valence-electron chi connectivity index (χ4n) is 1.71. The highest BCUT2D eigenvalue weighted by molar-refractivity contribution is 5.65. The number of benzene rings is 1. The van der Waals surface area contributed by atoms with Crippen molar-refractivity contribution in [3.8, 4) is 0 Å². The lowest BCUT2D eigenvalue weighted by Crippen LogP contribution is -2.16. The first-order valence-electron chi connectivity index (χ1n) is 6.23. The third kappa shape index (κ3) is 4.50. The normalized spacial score (nSPS) is 12.2. The summed E-state index contributed by atoms with van der Waals surface area (Å²) in [6.45, 7) is 5.30. The number of anilines is 1. The summed E-state index contributed by atoms with van der Waals surface area (Å²) in [6, 6.07) is 4.94. The molecule has 6 nitrogen and oxygen atoms in total. The van der Waals surface area contributed by atoms with Gasteiger partial charge in [-0.25, -0.2) is 0 Å². The molecule has 106 valence electrons. The zero-order chi connectivity index (χ0) is 14.3. The van der Waals surface area contributed by atoms with Crippen molar-refractivity contribution in [2.24, 2.45) is 0 Å². The molecule has 0 saturated carbocycles. The zero-order valence-electron chi connectivity index (χ0n) is 11.5. The van der Waals surface area contributed by atoms with Crippen molar-refractivity contribution in [1.29, 1.82) is 0 Å². The van der Waals surface area contributed by atoms with Crippen LogP contribution in [-0.2, 0) is 16.1 Å². The van der Waals surface area contributed by atoms with Gasteiger partial charge in [-0.2, -0.15) is 0 Å². The molecular formula is C13H20N2O4. The van der Waals surface area contributed by atoms with Crippen molar-refractivity contribution < 1.29 is 14.4 Å². The van der Waals surface area contributed by atoms with Gasteiger partial charge in [0, 0.05) is 25.3 Å². The molecule has 19 heavy (non-hydrogen) atoms. The van der Waals surface area contributed by atoms with Gasteiger partial charge in [-0.15, -0.1) is 0 Å². The minimum Gasteiger partial charge on any atom is -0.382 e. The van der Waals surface area contributed by atoms with E-state index in [4.69, 9.17) is 9.47 Å². The highest BCUT2D eigenvalue weighted by Crippen LogP contribution is 2.28. The number of hydrogen-bond acceptors (Lipinski definition) is 5. The van der Waals surface area contributed by atoms with Crippen LogP contribution in [0.3, 0.4) is 0 Å². The Balaban J connectivity index is 2.72. The standard InChI is InChI=1S/C13H20N2O4/c1-4-18-8-10(2)19-9-11-6-5-7-12(15(16)17)13(11)14-3/h5-7,10,14H,4,8-9H2,1-3H3. The molecule has 0 aliphatic heterocycles. The molecular weight excluding hydrogens is 248 g/mol. The van der Waals surface area contributed by atoms with Gasteiger partial charge in [-0.05, 0) is 13.8 Å². The van der Waals surface area contributed by atoms with Crippen LogP contribution in [0.1, 0.15) is 19.4 Å². The minimum atomic E-state index is -0.404. The number of ether oxygens (including phenoxy) is 2. The van der Waals surface area contributed by atoms with Crippen LogP contribution in [-0.4, -0.2) is 31.3 Å². The Morgan fingerprint density at radius 3 is 2.79 bits per heavy atom. The summed E-state index contributed by atoms with van der Waals surface area (Å²) in [4.78, 5) is 10.5. The van der Waals surface area contributed by atoms with Crippen LogP contribution < -0.4 is 5.32 Å². The number of rotatable bonds is 8. The van der Waals surface area contributed by atoms with Gasteiger partial charge in [0.15, 0.2) is 0 Å². The van der Waals surface area contributed by atoms with Crippen molar-refractivity contribution >= 4 is 11.4 Å². The Morgan fingerprint density at radius 2 is 2.21 bits per heavy atom. The monoisotopic (exact) mass is 268 g/mol. The smallest absolute Gasteiger partial charge is 0.292 e. The molecule has 0 aromatic heterocycles. The van der Waals surface area contributed by atoms with Crippen LogP contribution in [0.25, 0.3) is 0 Å². The van der Waals surface area contributed by atoms with Crippen LogP contribution in [0.4, 0.5) is 11.4 Å². The average molecular weight is 268 g/mol. The number of nitrogens with one attached hydrogen (secondary N) is 1. The molecule has 1 aromatic rings. The van der Waals surface area contributed by atoms with Crippen LogP contribution >= 0.6 is 0 Å². The first-order chi connectivity index (χ1) is 9.10. The summed E-state index contributed by atoms with van der Waals surface area (Å²) in [7, 11) is 1.66. The summed E-state index contributed by atoms with van der Waals surface area (Å²) in [6.07, 6.45) is -0.0519. The van der Waals surface area contributed by atoms with Gasteiger partial charge in [0.05, 0.1) is 24.2 Å². The van der Waals surface area contributed by atoms with Crippen molar-refractivity contribution in [3.05, 3.63) is 33.9 Å². The summed E-state index contributed by atoms with van der Waals surface area (Å²) in [5.74, 6) is 0. The number of nitro benzene ring substituents is 1. The van der Waals surface area contributed by atoms with E-state index in [2.05, 4.69) is 5.32 Å². The second kappa shape index (κ2) is 7.70. The molecule has 0 saturated heterocycles. The molecule has 6 heteroatoms. The van der Waals surface area contributed by atoms with E-state index in [0.717, 1.165) is 5.56 Å². The van der Waals surface area contributed by atoms with E-state index in [1.807, 2.05) is 19.9 Å². The van der Waals surface area contributed by atoms with E-state index in [9.17, 15) is 10.1 Å². The largest absolute Gasteiger partial charge is 0.382 e. The maximum atomic E-state index is 10.9. The van der Waals surface area contributed by atoms with Gasteiger partial charge < -0.3 is 14.8 Å². The molecule has 1 aromatic carbocycles. The molecule has 1 N–H and O–H groups in total. The first-order valence-corrected chi connectivity index (χ1v) is 6.23. The highest BCUT2D eigenvalue weighted by atomic mass is 16.6. The van der Waals surface area contributed by atoms with E-state index in [1.165, 1.54) is 6.07 Å². The van der Waals surface area contributed by atoms with Gasteiger partial charge in [0.1, 0.15) is 5.69 Å². The topological polar surface area (TPSA) is 73.6 Å². The third-order valence-electron chi connectivity index (χ3n) is 2.66. The Labute approximate surface area is 112 Å². The molecule has 1 rings (SSSR count). The fourth-order valence-corrected chi connectivity index (χ4v) is 1.71. The maximum absolute atomic E-state index is 10.9. The second-order valence-corrected chi connectivity index (χ2v) is 4.10. The van der Waals surface area contributed by atoms with Gasteiger partial charge in [-0.3, -0.25) is 10.1 Å². The van der Waals surface area contributed by atoms with E-state index >= 15 is 0 Å². The lowest BCUT2D eigenvalue weighted by Gasteiger charge is -2.15. The SMILES string of the molecule is CCOCC(C)OCc1cccc([N+](=O)[O-])c1NC. The Bertz CT molecular complexity index is 423. The van der Waals surface area contributed by atoms with Gasteiger partial charge in [0.25, 0.3) is 5.69 Å². The summed E-state index contributed by atoms with van der Waals surface area (Å²) < 4.78 is 10.9. The number of nitrogens with zero attached hydrogens (tertiary/aromatic N) is 1. The third-order valence-corrected chi connectivity index (χ3v) is 2.66. The predicted octanol–water partition coefficient (Wildman–Crippen LogP) is 2.58. The predicted molar refractivity (Wildman–Crippen MR) is 73.4 cm³/mol. The summed E-state index contributed by atoms with van der Waals surface area (Å²) in [5, 5.41) is 13.8. The molecule has 0 spiro atoms. The van der Waals surface area contributed by atoms with Crippen LogP contribution in [0.15, 0.2) is 18.2 Å². The lowest BCUT2D eigenvalue weighted by atomic mass is 10.1. The average Bonchev–Trinajstić information content (AvgIpc) is 2.41. The quantitative estimate of drug-likeness (QED) is 0.579. The molecule has 0 aliphatic rings. The van der Waals surface area contributed by atoms with E-state index < -0.39 is 4.92 Å². The maximum Gasteiger partial charge on any atom is 0.292 e. The van der Waals surface area contributed by atoms with E-state index in [0.29, 0.717) is 25.5 Å². The zero-order valence-corrected chi connectivity index (χ0v) is 11.5. The molecule has 0 amide bonds. The van der Waals surface area contributed by atoms with Crippen molar-refractivity contribution in [2.45, 2.75) is 26.6 Å². The van der Waals surface area contributed by atoms with Crippen molar-refractivity contribution in [2.75, 3.05) is 25.6 Å². The fraction of sp³-hybridized carbons (Fsp3) is 0.538. The molecule has 0 bridgehead atoms. The number of nitro groups is 1. The van der Waals surface area contributed by atoms with E-state index in [-0.39, 0.29) is 11.8 Å². The van der Waals surface area contributed by atoms with Crippen LogP contribution in [0.5, 0.6) is 0 Å². The highest BCUT2D eigenvalue weighted by Gasteiger charge is 2.16. The molecule has 0 fully saturated rings. The summed E-state index contributed by atoms with van der Waals surface area (Å²) in [5.41, 5.74) is 1.32. The molecule has 1 unspecified atom stereocenters. The van der Waals surface area contributed by atoms with Crippen LogP contribution in [0.2, 0.25) is 0 Å². The van der Waals surface area contributed by atoms with E-state index in [1.54, 1.807) is 13.1 Å². The van der Waals surface area contributed by atoms with Gasteiger partial charge in [0.2, 0.25) is 0 Å². The number of hydrogen-bond donors (Lipinski definition) is 1. The molecule has 1 atom stereocenters. The Hall–Kier alpha value is -1.66.